The number of fused-ring (bicyclic) bond motifs is 10. The number of para-hydroxylation sites is 2. The van der Waals surface area contributed by atoms with E-state index in [0.717, 1.165) is 58.0 Å². The number of nitrogens with two attached hydrogens (primary N) is 1. The van der Waals surface area contributed by atoms with Crippen molar-refractivity contribution in [1.29, 1.82) is 0 Å². The highest BCUT2D eigenvalue weighted by Gasteiger charge is 2.30. The number of aliphatic imine (C=N–C) groups is 2. The minimum Gasteiger partial charge on any atom is -0.400 e. The zero-order valence-electron chi connectivity index (χ0n) is 38.3. The third-order valence-electron chi connectivity index (χ3n) is 14.6. The van der Waals surface area contributed by atoms with Crippen LogP contribution in [0, 0.1) is 0 Å². The number of hydrogen-bond acceptors (Lipinski definition) is 5. The van der Waals surface area contributed by atoms with Gasteiger partial charge in [-0.15, -0.1) is 11.3 Å². The predicted octanol–water partition coefficient (Wildman–Crippen LogP) is 15.5. The Hall–Kier alpha value is -8.52. The van der Waals surface area contributed by atoms with E-state index in [1.54, 1.807) is 0 Å². The molecule has 2 aliphatic carbocycles. The summed E-state index contributed by atoms with van der Waals surface area (Å²) in [4.78, 5) is 10.9. The summed E-state index contributed by atoms with van der Waals surface area (Å²) < 4.78 is 7.60. The molecule has 3 N–H and O–H groups in total. The first-order valence-electron chi connectivity index (χ1n) is 24.2. The van der Waals surface area contributed by atoms with Crippen molar-refractivity contribution in [2.45, 2.75) is 31.5 Å². The van der Waals surface area contributed by atoms with E-state index in [0.29, 0.717) is 6.42 Å². The standard InChI is InChI=1S/C63H46N6S/c64-51-38-41(61-65-62(48-26-9-7-22-42(48)39-18-3-1-4-19-39)67-63(66-61)49-27-10-8-23-43(49)40-20-5-2-6-21-40)34-36-54(51)69-52-30-14-11-24-44(52)46-35-37-55-58(59(46)69)50-28-12-15-31-53(50)68(55)56-32-17-29-47-45-25-13-16-33-57(45)70-60(47)56/h1-9,11-26,28-35,37-38,54,62H,10,27,36,64H2,(H,65,66,67). The summed E-state index contributed by atoms with van der Waals surface area (Å²) in [7, 11) is 0. The average Bonchev–Trinajstić information content (AvgIpc) is 4.09. The van der Waals surface area contributed by atoms with Crippen LogP contribution in [-0.4, -0.2) is 20.8 Å². The predicted molar refractivity (Wildman–Crippen MR) is 295 cm³/mol. The molecule has 0 radical (unpaired) electrons. The van der Waals surface area contributed by atoms with Gasteiger partial charge in [-0.2, -0.15) is 0 Å². The minimum atomic E-state index is -0.479. The first kappa shape index (κ1) is 40.5. The van der Waals surface area contributed by atoms with Crippen molar-refractivity contribution in [1.82, 2.24) is 14.5 Å². The van der Waals surface area contributed by atoms with E-state index in [1.807, 2.05) is 11.3 Å². The van der Waals surface area contributed by atoms with Crippen LogP contribution in [0.4, 0.5) is 0 Å². The second kappa shape index (κ2) is 16.3. The van der Waals surface area contributed by atoms with Gasteiger partial charge in [0.05, 0.1) is 33.0 Å². The molecule has 11 aromatic rings. The van der Waals surface area contributed by atoms with Gasteiger partial charge >= 0.3 is 0 Å². The van der Waals surface area contributed by atoms with Gasteiger partial charge in [0, 0.05) is 64.9 Å². The van der Waals surface area contributed by atoms with Crippen LogP contribution in [-0.2, 0) is 0 Å². The summed E-state index contributed by atoms with van der Waals surface area (Å²) in [5, 5.41) is 11.3. The molecule has 2 unspecified atom stereocenters. The molecule has 0 amide bonds. The van der Waals surface area contributed by atoms with Crippen molar-refractivity contribution in [2.75, 3.05) is 0 Å². The number of hydrogen-bond donors (Lipinski definition) is 2. The Bertz CT molecular complexity index is 4140. The molecule has 0 saturated heterocycles. The molecule has 4 heterocycles. The number of nitrogens with one attached hydrogen (secondary N) is 1. The van der Waals surface area contributed by atoms with E-state index < -0.39 is 6.17 Å². The molecule has 8 aromatic carbocycles. The zero-order valence-corrected chi connectivity index (χ0v) is 39.1. The quantitative estimate of drug-likeness (QED) is 0.167. The molecule has 0 bridgehead atoms. The molecule has 1 aliphatic heterocycles. The Morgan fingerprint density at radius 2 is 1.29 bits per heavy atom. The number of allylic oxidation sites excluding steroid dienone is 5. The van der Waals surface area contributed by atoms with Gasteiger partial charge in [-0.05, 0) is 77.9 Å². The van der Waals surface area contributed by atoms with Crippen LogP contribution in [0.25, 0.3) is 86.2 Å². The average molecular weight is 919 g/mol. The molecule has 6 nitrogen and oxygen atoms in total. The molecule has 0 spiro atoms. The van der Waals surface area contributed by atoms with E-state index in [9.17, 15) is 0 Å². The lowest BCUT2D eigenvalue weighted by Crippen LogP contribution is -2.38. The molecule has 70 heavy (non-hydrogen) atoms. The molecule has 3 aliphatic rings. The van der Waals surface area contributed by atoms with Gasteiger partial charge in [-0.25, -0.2) is 9.98 Å². The van der Waals surface area contributed by atoms with Crippen LogP contribution >= 0.6 is 11.3 Å². The number of nitrogens with zero attached hydrogens (tertiary/aromatic N) is 4. The maximum Gasteiger partial charge on any atom is 0.170 e. The first-order chi connectivity index (χ1) is 34.7. The second-order valence-corrected chi connectivity index (χ2v) is 19.6. The van der Waals surface area contributed by atoms with E-state index in [2.05, 4.69) is 227 Å². The molecule has 0 saturated carbocycles. The lowest BCUT2D eigenvalue weighted by atomic mass is 9.90. The summed E-state index contributed by atoms with van der Waals surface area (Å²) in [5.74, 6) is 1.63. The smallest absolute Gasteiger partial charge is 0.170 e. The van der Waals surface area contributed by atoms with Gasteiger partial charge in [0.2, 0.25) is 0 Å². The highest BCUT2D eigenvalue weighted by atomic mass is 32.1. The van der Waals surface area contributed by atoms with Crippen LogP contribution in [0.5, 0.6) is 0 Å². The summed E-state index contributed by atoms with van der Waals surface area (Å²) >= 11 is 1.87. The van der Waals surface area contributed by atoms with Gasteiger partial charge in [-0.1, -0.05) is 176 Å². The molecule has 7 heteroatoms. The molecule has 0 fully saturated rings. The molecular weight excluding hydrogens is 873 g/mol. The highest BCUT2D eigenvalue weighted by Crippen LogP contribution is 2.46. The van der Waals surface area contributed by atoms with Gasteiger partial charge in [0.25, 0.3) is 0 Å². The van der Waals surface area contributed by atoms with Gasteiger partial charge in [-0.3, -0.25) is 0 Å². The zero-order chi connectivity index (χ0) is 46.3. The first-order valence-corrected chi connectivity index (χ1v) is 25.0. The fourth-order valence-electron chi connectivity index (χ4n) is 11.5. The lowest BCUT2D eigenvalue weighted by molar-refractivity contribution is 0.604. The highest BCUT2D eigenvalue weighted by molar-refractivity contribution is 7.26. The topological polar surface area (TPSA) is 72.6 Å². The minimum absolute atomic E-state index is 0.146. The maximum absolute atomic E-state index is 7.49. The number of amidine groups is 2. The Morgan fingerprint density at radius 3 is 2.13 bits per heavy atom. The Labute approximate surface area is 409 Å². The van der Waals surface area contributed by atoms with Crippen LogP contribution in [0.2, 0.25) is 0 Å². The van der Waals surface area contributed by atoms with Crippen molar-refractivity contribution in [2.24, 2.45) is 15.7 Å². The molecular formula is C63H46N6S. The van der Waals surface area contributed by atoms with Crippen molar-refractivity contribution in [3.05, 3.63) is 240 Å². The number of rotatable bonds is 7. The van der Waals surface area contributed by atoms with E-state index in [1.165, 1.54) is 80.7 Å². The summed E-state index contributed by atoms with van der Waals surface area (Å²) in [5.41, 5.74) is 22.0. The van der Waals surface area contributed by atoms with Crippen LogP contribution in [0.3, 0.4) is 0 Å². The maximum atomic E-state index is 7.49. The lowest BCUT2D eigenvalue weighted by Gasteiger charge is -2.29. The third kappa shape index (κ3) is 6.39. The Morgan fingerprint density at radius 1 is 0.586 bits per heavy atom. The van der Waals surface area contributed by atoms with Gasteiger partial charge < -0.3 is 20.2 Å². The number of benzene rings is 8. The molecule has 2 atom stereocenters. The van der Waals surface area contributed by atoms with Crippen LogP contribution in [0.1, 0.15) is 42.6 Å². The summed E-state index contributed by atoms with van der Waals surface area (Å²) in [6.07, 6.45) is 11.0. The Balaban J connectivity index is 0.924. The number of thiophene rings is 1. The second-order valence-electron chi connectivity index (χ2n) is 18.5. The van der Waals surface area contributed by atoms with Gasteiger partial charge in [0.15, 0.2) is 6.17 Å². The fraction of sp³-hybridized carbons (Fsp3) is 0.0794. The summed E-state index contributed by atoms with van der Waals surface area (Å²) in [6, 6.07) is 67.5. The van der Waals surface area contributed by atoms with E-state index >= 15 is 0 Å². The van der Waals surface area contributed by atoms with Gasteiger partial charge in [0.1, 0.15) is 11.7 Å². The van der Waals surface area contributed by atoms with E-state index in [4.69, 9.17) is 15.7 Å². The van der Waals surface area contributed by atoms with Crippen LogP contribution in [0.15, 0.2) is 239 Å². The normalized spacial score (nSPS) is 17.4. The largest absolute Gasteiger partial charge is 0.400 e. The SMILES string of the molecule is NC1=CC(C2=NC(c3ccccc3-c3ccccc3)N=C(C3=C(c4ccccc4)C=CCC3)N2)=CCC1n1c2ccccc2c2ccc3c(c4ccccc4n3-c3cccc4c3sc3ccccc34)c21. The monoisotopic (exact) mass is 918 g/mol. The van der Waals surface area contributed by atoms with Crippen molar-refractivity contribution >= 4 is 92.4 Å². The van der Waals surface area contributed by atoms with E-state index in [-0.39, 0.29) is 6.04 Å². The fourth-order valence-corrected chi connectivity index (χ4v) is 12.7. The van der Waals surface area contributed by atoms with Crippen LogP contribution < -0.4 is 11.1 Å². The molecule has 14 rings (SSSR count). The molecule has 3 aromatic heterocycles. The summed E-state index contributed by atoms with van der Waals surface area (Å²) in [6.45, 7) is 0. The molecule has 334 valence electrons. The Kier molecular flexibility index (Phi) is 9.46. The third-order valence-corrected chi connectivity index (χ3v) is 15.8. The van der Waals surface area contributed by atoms with Crippen molar-refractivity contribution in [3.8, 4) is 16.8 Å². The number of aromatic nitrogens is 2. The van der Waals surface area contributed by atoms with Crippen molar-refractivity contribution in [3.63, 3.8) is 0 Å². The van der Waals surface area contributed by atoms with Crippen molar-refractivity contribution < 1.29 is 0 Å².